The summed E-state index contributed by atoms with van der Waals surface area (Å²) in [6.45, 7) is 2.23. The molecule has 3 amide bonds. The molecule has 1 aliphatic rings. The van der Waals surface area contributed by atoms with Gasteiger partial charge >= 0.3 is 0 Å². The van der Waals surface area contributed by atoms with Crippen LogP contribution in [0.15, 0.2) is 42.5 Å². The van der Waals surface area contributed by atoms with Gasteiger partial charge in [0.15, 0.2) is 0 Å². The Kier molecular flexibility index (Phi) is 5.27. The second-order valence-electron chi connectivity index (χ2n) is 6.71. The number of hydrogen-bond acceptors (Lipinski definition) is 4. The number of halogens is 2. The smallest absolute Gasteiger partial charge is 0.266 e. The first-order chi connectivity index (χ1) is 14.3. The number of thiophene rings is 1. The zero-order valence-electron chi connectivity index (χ0n) is 15.6. The molecule has 0 unspecified atom stereocenters. The predicted molar refractivity (Wildman–Crippen MR) is 114 cm³/mol. The SMILES string of the molecule is Cc1cc(NC(=O)c2ccc(F)cc2Cl)sc1C(=O)Nc1ccc2c(c1)C(=O)NC2. The van der Waals surface area contributed by atoms with Crippen LogP contribution in [0.2, 0.25) is 5.02 Å². The van der Waals surface area contributed by atoms with Crippen molar-refractivity contribution in [2.75, 3.05) is 10.6 Å². The molecule has 152 valence electrons. The Labute approximate surface area is 180 Å². The summed E-state index contributed by atoms with van der Waals surface area (Å²) in [5.41, 5.74) is 2.74. The molecule has 9 heteroatoms. The standard InChI is InChI=1S/C21H15ClFN3O3S/c1-10-6-17(26-20(28)14-5-3-12(23)7-16(14)22)30-18(10)21(29)25-13-4-2-11-9-24-19(27)15(11)8-13/h2-8H,9H2,1H3,(H,24,27)(H,25,29)(H,26,28). The maximum Gasteiger partial charge on any atom is 0.266 e. The number of hydrogen-bond donors (Lipinski definition) is 3. The topological polar surface area (TPSA) is 87.3 Å². The van der Waals surface area contributed by atoms with Crippen molar-refractivity contribution in [2.24, 2.45) is 0 Å². The third kappa shape index (κ3) is 3.92. The minimum absolute atomic E-state index is 0.000564. The molecule has 3 aromatic rings. The Morgan fingerprint density at radius 1 is 1.10 bits per heavy atom. The quantitative estimate of drug-likeness (QED) is 0.550. The van der Waals surface area contributed by atoms with E-state index < -0.39 is 11.7 Å². The van der Waals surface area contributed by atoms with Gasteiger partial charge in [-0.1, -0.05) is 17.7 Å². The number of aryl methyl sites for hydroxylation is 1. The molecular formula is C21H15ClFN3O3S. The minimum atomic E-state index is -0.536. The Balaban J connectivity index is 1.49. The van der Waals surface area contributed by atoms with Crippen LogP contribution in [0.3, 0.4) is 0 Å². The van der Waals surface area contributed by atoms with Gasteiger partial charge in [0.2, 0.25) is 0 Å². The van der Waals surface area contributed by atoms with Crippen molar-refractivity contribution in [3.63, 3.8) is 0 Å². The van der Waals surface area contributed by atoms with Crippen LogP contribution < -0.4 is 16.0 Å². The highest BCUT2D eigenvalue weighted by atomic mass is 35.5. The normalized spacial score (nSPS) is 12.3. The molecule has 30 heavy (non-hydrogen) atoms. The molecule has 0 saturated carbocycles. The van der Waals surface area contributed by atoms with Crippen molar-refractivity contribution in [3.05, 3.63) is 80.4 Å². The van der Waals surface area contributed by atoms with Crippen LogP contribution in [-0.2, 0) is 6.54 Å². The fraction of sp³-hybridized carbons (Fsp3) is 0.0952. The number of rotatable bonds is 4. The minimum Gasteiger partial charge on any atom is -0.348 e. The Morgan fingerprint density at radius 2 is 1.90 bits per heavy atom. The second kappa shape index (κ2) is 7.89. The molecule has 6 nitrogen and oxygen atoms in total. The number of carbonyl (C=O) groups excluding carboxylic acids is 3. The molecule has 0 radical (unpaired) electrons. The maximum atomic E-state index is 13.2. The Morgan fingerprint density at radius 3 is 2.67 bits per heavy atom. The fourth-order valence-electron chi connectivity index (χ4n) is 3.10. The van der Waals surface area contributed by atoms with E-state index in [9.17, 15) is 18.8 Å². The molecule has 1 aromatic heterocycles. The van der Waals surface area contributed by atoms with E-state index in [1.807, 2.05) is 0 Å². The predicted octanol–water partition coefficient (Wildman–Crippen LogP) is 4.60. The molecule has 0 fully saturated rings. The molecule has 0 spiro atoms. The lowest BCUT2D eigenvalue weighted by Gasteiger charge is -2.06. The van der Waals surface area contributed by atoms with E-state index in [4.69, 9.17) is 11.6 Å². The first-order valence-corrected chi connectivity index (χ1v) is 10.1. The van der Waals surface area contributed by atoms with Gasteiger partial charge in [-0.15, -0.1) is 11.3 Å². The van der Waals surface area contributed by atoms with Gasteiger partial charge in [0, 0.05) is 17.8 Å². The van der Waals surface area contributed by atoms with Gasteiger partial charge in [0.25, 0.3) is 17.7 Å². The van der Waals surface area contributed by atoms with Crippen LogP contribution in [0.25, 0.3) is 0 Å². The van der Waals surface area contributed by atoms with Gasteiger partial charge in [-0.2, -0.15) is 0 Å². The Hall–Kier alpha value is -3.23. The van der Waals surface area contributed by atoms with E-state index in [-0.39, 0.29) is 22.4 Å². The number of nitrogens with one attached hydrogen (secondary N) is 3. The van der Waals surface area contributed by atoms with Crippen molar-refractivity contribution in [1.29, 1.82) is 0 Å². The molecule has 1 aliphatic heterocycles. The third-order valence-electron chi connectivity index (χ3n) is 4.59. The largest absolute Gasteiger partial charge is 0.348 e. The van der Waals surface area contributed by atoms with Crippen molar-refractivity contribution in [3.8, 4) is 0 Å². The van der Waals surface area contributed by atoms with Crippen LogP contribution >= 0.6 is 22.9 Å². The molecule has 2 heterocycles. The first-order valence-electron chi connectivity index (χ1n) is 8.91. The average molecular weight is 444 g/mol. The molecule has 0 bridgehead atoms. The average Bonchev–Trinajstić information content (AvgIpc) is 3.24. The number of fused-ring (bicyclic) bond motifs is 1. The lowest BCUT2D eigenvalue weighted by molar-refractivity contribution is 0.0963. The molecule has 2 aromatic carbocycles. The number of anilines is 2. The van der Waals surface area contributed by atoms with Crippen LogP contribution in [0, 0.1) is 12.7 Å². The van der Waals surface area contributed by atoms with Crippen LogP contribution in [0.1, 0.15) is 41.5 Å². The molecule has 0 atom stereocenters. The van der Waals surface area contributed by atoms with E-state index in [2.05, 4.69) is 16.0 Å². The highest BCUT2D eigenvalue weighted by molar-refractivity contribution is 7.18. The molecule has 0 aliphatic carbocycles. The van der Waals surface area contributed by atoms with Crippen molar-refractivity contribution in [2.45, 2.75) is 13.5 Å². The van der Waals surface area contributed by atoms with Gasteiger partial charge in [0.05, 0.1) is 20.5 Å². The summed E-state index contributed by atoms with van der Waals surface area (Å²) in [7, 11) is 0. The first kappa shape index (κ1) is 20.1. The van der Waals surface area contributed by atoms with Crippen LogP contribution in [0.4, 0.5) is 15.1 Å². The lowest BCUT2D eigenvalue weighted by Crippen LogP contribution is -2.13. The zero-order valence-corrected chi connectivity index (χ0v) is 17.2. The van der Waals surface area contributed by atoms with E-state index in [1.54, 1.807) is 31.2 Å². The van der Waals surface area contributed by atoms with Crippen molar-refractivity contribution >= 4 is 51.3 Å². The summed E-state index contributed by atoms with van der Waals surface area (Å²) < 4.78 is 13.2. The summed E-state index contributed by atoms with van der Waals surface area (Å²) in [4.78, 5) is 37.3. The highest BCUT2D eigenvalue weighted by Crippen LogP contribution is 2.29. The van der Waals surface area contributed by atoms with Crippen LogP contribution in [-0.4, -0.2) is 17.7 Å². The van der Waals surface area contributed by atoms with Gasteiger partial charge in [-0.05, 0) is 54.4 Å². The summed E-state index contributed by atoms with van der Waals surface area (Å²) in [6, 6.07) is 10.3. The molecule has 3 N–H and O–H groups in total. The maximum absolute atomic E-state index is 13.2. The summed E-state index contributed by atoms with van der Waals surface area (Å²) in [5, 5.41) is 8.64. The number of amides is 3. The van der Waals surface area contributed by atoms with E-state index >= 15 is 0 Å². The lowest BCUT2D eigenvalue weighted by atomic mass is 10.1. The fourth-order valence-corrected chi connectivity index (χ4v) is 4.32. The van der Waals surface area contributed by atoms with E-state index in [0.717, 1.165) is 29.0 Å². The number of benzene rings is 2. The van der Waals surface area contributed by atoms with Gasteiger partial charge in [0.1, 0.15) is 5.82 Å². The summed E-state index contributed by atoms with van der Waals surface area (Å²) >= 11 is 7.03. The summed E-state index contributed by atoms with van der Waals surface area (Å²) in [5.74, 6) is -1.56. The van der Waals surface area contributed by atoms with Crippen molar-refractivity contribution < 1.29 is 18.8 Å². The Bertz CT molecular complexity index is 1210. The molecular weight excluding hydrogens is 429 g/mol. The second-order valence-corrected chi connectivity index (χ2v) is 8.17. The summed E-state index contributed by atoms with van der Waals surface area (Å²) in [6.07, 6.45) is 0. The van der Waals surface area contributed by atoms with Gasteiger partial charge in [-0.25, -0.2) is 4.39 Å². The third-order valence-corrected chi connectivity index (χ3v) is 6.05. The number of carbonyl (C=O) groups is 3. The molecule has 0 saturated heterocycles. The van der Waals surface area contributed by atoms with Crippen molar-refractivity contribution in [1.82, 2.24) is 5.32 Å². The van der Waals surface area contributed by atoms with Crippen LogP contribution in [0.5, 0.6) is 0 Å². The van der Waals surface area contributed by atoms with Gasteiger partial charge in [-0.3, -0.25) is 14.4 Å². The molecule has 4 rings (SSSR count). The monoisotopic (exact) mass is 443 g/mol. The zero-order chi connectivity index (χ0) is 21.4. The highest BCUT2D eigenvalue weighted by Gasteiger charge is 2.21. The van der Waals surface area contributed by atoms with E-state index in [1.165, 1.54) is 6.07 Å². The van der Waals surface area contributed by atoms with E-state index in [0.29, 0.717) is 33.2 Å². The van der Waals surface area contributed by atoms with Gasteiger partial charge < -0.3 is 16.0 Å².